The molecule has 1 aromatic rings. The Bertz CT molecular complexity index is 430. The highest BCUT2D eigenvalue weighted by atomic mass is 79.9. The van der Waals surface area contributed by atoms with Crippen LogP contribution in [-0.2, 0) is 24.2 Å². The van der Waals surface area contributed by atoms with Gasteiger partial charge in [0.25, 0.3) is 0 Å². The van der Waals surface area contributed by atoms with Gasteiger partial charge < -0.3 is 10.1 Å². The molecule has 120 valence electrons. The first-order valence-electron chi connectivity index (χ1n) is 8.01. The van der Waals surface area contributed by atoms with Crippen molar-refractivity contribution >= 4 is 15.9 Å². The Morgan fingerprint density at radius 1 is 1.29 bits per heavy atom. The van der Waals surface area contributed by atoms with Crippen LogP contribution in [0.1, 0.15) is 31.7 Å². The van der Waals surface area contributed by atoms with Crippen LogP contribution in [0.4, 0.5) is 0 Å². The van der Waals surface area contributed by atoms with Gasteiger partial charge in [0, 0.05) is 26.2 Å². The van der Waals surface area contributed by atoms with E-state index in [0.717, 1.165) is 64.6 Å². The second-order valence-corrected chi connectivity index (χ2v) is 6.15. The molecule has 1 aliphatic heterocycles. The van der Waals surface area contributed by atoms with E-state index in [1.54, 1.807) is 0 Å². The number of hydrogen-bond acceptors (Lipinski definition) is 4. The summed E-state index contributed by atoms with van der Waals surface area (Å²) in [5.41, 5.74) is 2.42. The van der Waals surface area contributed by atoms with Crippen LogP contribution < -0.4 is 5.32 Å². The Morgan fingerprint density at radius 3 is 2.71 bits per heavy atom. The molecule has 0 bridgehead atoms. The number of nitrogens with one attached hydrogen (secondary N) is 1. The average molecular weight is 359 g/mol. The normalized spacial score (nSPS) is 16.5. The Labute approximate surface area is 136 Å². The Morgan fingerprint density at radius 2 is 2.05 bits per heavy atom. The Hall–Kier alpha value is -0.430. The zero-order valence-corrected chi connectivity index (χ0v) is 14.8. The minimum Gasteiger partial charge on any atom is -0.379 e. The molecule has 2 heterocycles. The molecule has 6 heteroatoms. The second-order valence-electron chi connectivity index (χ2n) is 5.36. The van der Waals surface area contributed by atoms with Gasteiger partial charge in [-0.05, 0) is 48.8 Å². The third kappa shape index (κ3) is 4.77. The van der Waals surface area contributed by atoms with Gasteiger partial charge in [0.2, 0.25) is 0 Å². The van der Waals surface area contributed by atoms with Crippen LogP contribution in [0.5, 0.6) is 0 Å². The highest BCUT2D eigenvalue weighted by Gasteiger charge is 2.13. The van der Waals surface area contributed by atoms with Crippen LogP contribution in [0, 0.1) is 0 Å². The van der Waals surface area contributed by atoms with Crippen molar-refractivity contribution in [3.8, 4) is 0 Å². The van der Waals surface area contributed by atoms with E-state index in [2.05, 4.69) is 49.8 Å². The quantitative estimate of drug-likeness (QED) is 0.722. The first-order valence-corrected chi connectivity index (χ1v) is 8.80. The zero-order chi connectivity index (χ0) is 15.1. The van der Waals surface area contributed by atoms with Gasteiger partial charge in [-0.3, -0.25) is 9.58 Å². The maximum Gasteiger partial charge on any atom is 0.0767 e. The number of ether oxygens (including phenoxy) is 1. The predicted octanol–water partition coefficient (Wildman–Crippen LogP) is 2.04. The van der Waals surface area contributed by atoms with Gasteiger partial charge in [-0.1, -0.05) is 6.92 Å². The van der Waals surface area contributed by atoms with Crippen molar-refractivity contribution in [2.45, 2.75) is 39.8 Å². The summed E-state index contributed by atoms with van der Waals surface area (Å²) in [6, 6.07) is 0. The van der Waals surface area contributed by atoms with Gasteiger partial charge in [-0.25, -0.2) is 0 Å². The third-order valence-corrected chi connectivity index (χ3v) is 4.83. The molecule has 2 rings (SSSR count). The van der Waals surface area contributed by atoms with E-state index in [-0.39, 0.29) is 0 Å². The molecule has 21 heavy (non-hydrogen) atoms. The summed E-state index contributed by atoms with van der Waals surface area (Å²) < 4.78 is 8.63. The van der Waals surface area contributed by atoms with Crippen LogP contribution in [-0.4, -0.2) is 54.1 Å². The van der Waals surface area contributed by atoms with Gasteiger partial charge in [-0.15, -0.1) is 0 Å². The fraction of sp³-hybridized carbons (Fsp3) is 0.800. The van der Waals surface area contributed by atoms with Crippen molar-refractivity contribution < 1.29 is 4.74 Å². The molecule has 0 aliphatic carbocycles. The lowest BCUT2D eigenvalue weighted by Crippen LogP contribution is -2.37. The van der Waals surface area contributed by atoms with E-state index < -0.39 is 0 Å². The summed E-state index contributed by atoms with van der Waals surface area (Å²) in [4.78, 5) is 2.48. The number of morpholine rings is 1. The van der Waals surface area contributed by atoms with E-state index in [1.807, 2.05) is 0 Å². The fourth-order valence-electron chi connectivity index (χ4n) is 2.65. The molecule has 0 atom stereocenters. The van der Waals surface area contributed by atoms with Crippen molar-refractivity contribution in [2.24, 2.45) is 0 Å². The van der Waals surface area contributed by atoms with Crippen LogP contribution in [0.2, 0.25) is 0 Å². The van der Waals surface area contributed by atoms with Crippen molar-refractivity contribution in [1.82, 2.24) is 20.0 Å². The maximum atomic E-state index is 5.36. The van der Waals surface area contributed by atoms with Crippen molar-refractivity contribution in [3.63, 3.8) is 0 Å². The standard InChI is InChI=1S/C15H27BrN4O/c1-3-13-15(16)14(20(4-2)18-13)12-17-6-5-7-19-8-10-21-11-9-19/h17H,3-12H2,1-2H3. The number of halogens is 1. The second kappa shape index (κ2) is 8.88. The first kappa shape index (κ1) is 16.9. The fourth-order valence-corrected chi connectivity index (χ4v) is 3.35. The lowest BCUT2D eigenvalue weighted by atomic mass is 10.3. The molecule has 1 aromatic heterocycles. The molecule has 0 aromatic carbocycles. The monoisotopic (exact) mass is 358 g/mol. The lowest BCUT2D eigenvalue weighted by Gasteiger charge is -2.26. The molecule has 1 aliphatic rings. The van der Waals surface area contributed by atoms with E-state index in [9.17, 15) is 0 Å². The van der Waals surface area contributed by atoms with Crippen LogP contribution in [0.3, 0.4) is 0 Å². The highest BCUT2D eigenvalue weighted by Crippen LogP contribution is 2.22. The molecular formula is C15H27BrN4O. The third-order valence-electron chi connectivity index (χ3n) is 3.92. The van der Waals surface area contributed by atoms with Crippen molar-refractivity contribution in [3.05, 3.63) is 15.9 Å². The number of aryl methyl sites for hydroxylation is 2. The van der Waals surface area contributed by atoms with Crippen LogP contribution in [0.25, 0.3) is 0 Å². The Balaban J connectivity index is 1.71. The van der Waals surface area contributed by atoms with E-state index in [0.29, 0.717) is 0 Å². The van der Waals surface area contributed by atoms with Gasteiger partial charge in [0.15, 0.2) is 0 Å². The van der Waals surface area contributed by atoms with Gasteiger partial charge in [-0.2, -0.15) is 5.10 Å². The molecule has 0 spiro atoms. The number of nitrogens with zero attached hydrogens (tertiary/aromatic N) is 3. The smallest absolute Gasteiger partial charge is 0.0767 e. The minimum absolute atomic E-state index is 0.879. The molecule has 0 radical (unpaired) electrons. The molecule has 1 saturated heterocycles. The minimum atomic E-state index is 0.879. The molecule has 1 fully saturated rings. The maximum absolute atomic E-state index is 5.36. The highest BCUT2D eigenvalue weighted by molar-refractivity contribution is 9.10. The summed E-state index contributed by atoms with van der Waals surface area (Å²) >= 11 is 3.69. The first-order chi connectivity index (χ1) is 10.3. The van der Waals surface area contributed by atoms with Gasteiger partial charge in [0.05, 0.1) is 29.1 Å². The average Bonchev–Trinajstić information content (AvgIpc) is 2.84. The summed E-state index contributed by atoms with van der Waals surface area (Å²) in [7, 11) is 0. The van der Waals surface area contributed by atoms with E-state index in [1.165, 1.54) is 16.6 Å². The summed E-state index contributed by atoms with van der Waals surface area (Å²) in [5, 5.41) is 8.17. The van der Waals surface area contributed by atoms with Gasteiger partial charge in [0.1, 0.15) is 0 Å². The Kier molecular flexibility index (Phi) is 7.16. The summed E-state index contributed by atoms with van der Waals surface area (Å²) in [6.45, 7) is 12.2. The van der Waals surface area contributed by atoms with Gasteiger partial charge >= 0.3 is 0 Å². The zero-order valence-electron chi connectivity index (χ0n) is 13.2. The molecule has 0 saturated carbocycles. The lowest BCUT2D eigenvalue weighted by molar-refractivity contribution is 0.0374. The van der Waals surface area contributed by atoms with E-state index in [4.69, 9.17) is 4.74 Å². The number of hydrogen-bond donors (Lipinski definition) is 1. The number of rotatable bonds is 8. The van der Waals surface area contributed by atoms with E-state index >= 15 is 0 Å². The molecule has 5 nitrogen and oxygen atoms in total. The van der Waals surface area contributed by atoms with Crippen LogP contribution >= 0.6 is 15.9 Å². The predicted molar refractivity (Wildman–Crippen MR) is 88.6 cm³/mol. The summed E-state index contributed by atoms with van der Waals surface area (Å²) in [5.74, 6) is 0. The molecule has 1 N–H and O–H groups in total. The molecular weight excluding hydrogens is 332 g/mol. The van der Waals surface area contributed by atoms with Crippen LogP contribution in [0.15, 0.2) is 4.47 Å². The summed E-state index contributed by atoms with van der Waals surface area (Å²) in [6.07, 6.45) is 2.15. The molecule has 0 unspecified atom stereocenters. The molecule has 0 amide bonds. The topological polar surface area (TPSA) is 42.3 Å². The number of aromatic nitrogens is 2. The SMILES string of the molecule is CCc1nn(CC)c(CNCCCN2CCOCC2)c1Br. The van der Waals surface area contributed by atoms with Crippen molar-refractivity contribution in [2.75, 3.05) is 39.4 Å². The van der Waals surface area contributed by atoms with Crippen molar-refractivity contribution in [1.29, 1.82) is 0 Å². The largest absolute Gasteiger partial charge is 0.379 e.